The summed E-state index contributed by atoms with van der Waals surface area (Å²) in [6, 6.07) is 10.8. The maximum atomic E-state index is 13.4. The smallest absolute Gasteiger partial charge is 0.255 e. The molecular formula is C24H17F4N3O2S2. The third-order valence-corrected chi connectivity index (χ3v) is 8.11. The Morgan fingerprint density at radius 2 is 1.80 bits per heavy atom. The first-order valence-electron chi connectivity index (χ1n) is 10.5. The Labute approximate surface area is 202 Å². The Morgan fingerprint density at radius 3 is 2.49 bits per heavy atom. The summed E-state index contributed by atoms with van der Waals surface area (Å²) >= 11 is 1.16. The topological polar surface area (TPSA) is 72.0 Å². The molecule has 0 spiro atoms. The molecule has 2 aromatic heterocycles. The largest absolute Gasteiger partial charge is 0.416 e. The highest BCUT2D eigenvalue weighted by molar-refractivity contribution is 7.93. The highest BCUT2D eigenvalue weighted by Gasteiger charge is 2.33. The minimum Gasteiger partial charge on any atom is -0.255 e. The highest BCUT2D eigenvalue weighted by atomic mass is 32.2. The Balaban J connectivity index is 1.54. The summed E-state index contributed by atoms with van der Waals surface area (Å²) in [6.07, 6.45) is -0.686. The van der Waals surface area contributed by atoms with E-state index >= 15 is 0 Å². The monoisotopic (exact) mass is 519 g/mol. The lowest BCUT2D eigenvalue weighted by Gasteiger charge is -2.19. The Kier molecular flexibility index (Phi) is 5.84. The molecule has 0 radical (unpaired) electrons. The molecule has 0 saturated heterocycles. The van der Waals surface area contributed by atoms with Crippen LogP contribution >= 0.6 is 11.3 Å². The van der Waals surface area contributed by atoms with Gasteiger partial charge in [0.05, 0.1) is 10.5 Å². The summed E-state index contributed by atoms with van der Waals surface area (Å²) in [7, 11) is -3.84. The quantitative estimate of drug-likeness (QED) is 0.250. The van der Waals surface area contributed by atoms with E-state index in [1.54, 1.807) is 17.5 Å². The van der Waals surface area contributed by atoms with Crippen LogP contribution in [0.1, 0.15) is 34.6 Å². The summed E-state index contributed by atoms with van der Waals surface area (Å²) in [5, 5.41) is 1.91. The normalized spacial score (nSPS) is 15.7. The number of nitrogens with one attached hydrogen (secondary N) is 1. The summed E-state index contributed by atoms with van der Waals surface area (Å²) in [5.41, 5.74) is 2.16. The van der Waals surface area contributed by atoms with Gasteiger partial charge in [-0.3, -0.25) is 4.72 Å². The van der Waals surface area contributed by atoms with Crippen LogP contribution in [0.25, 0.3) is 11.1 Å². The lowest BCUT2D eigenvalue weighted by molar-refractivity contribution is -0.137. The van der Waals surface area contributed by atoms with Gasteiger partial charge in [-0.15, -0.1) is 11.3 Å². The van der Waals surface area contributed by atoms with Crippen LogP contribution in [0.3, 0.4) is 0 Å². The molecule has 0 aliphatic heterocycles. The second-order valence-corrected chi connectivity index (χ2v) is 10.6. The van der Waals surface area contributed by atoms with Crippen molar-refractivity contribution in [1.82, 2.24) is 9.97 Å². The molecule has 11 heteroatoms. The number of hydrogen-bond donors (Lipinski definition) is 1. The van der Waals surface area contributed by atoms with E-state index < -0.39 is 27.7 Å². The average molecular weight is 520 g/mol. The number of alkyl halides is 3. The van der Waals surface area contributed by atoms with Crippen LogP contribution in [0.15, 0.2) is 71.2 Å². The highest BCUT2D eigenvalue weighted by Crippen LogP contribution is 2.44. The van der Waals surface area contributed by atoms with Gasteiger partial charge in [-0.05, 0) is 71.5 Å². The second kappa shape index (κ2) is 8.72. The molecule has 0 saturated carbocycles. The summed E-state index contributed by atoms with van der Waals surface area (Å²) in [4.78, 5) is 7.63. The van der Waals surface area contributed by atoms with E-state index in [1.165, 1.54) is 30.6 Å². The minimum atomic E-state index is -4.54. The third kappa shape index (κ3) is 4.65. The van der Waals surface area contributed by atoms with Gasteiger partial charge in [-0.2, -0.15) is 17.6 Å². The van der Waals surface area contributed by atoms with Crippen LogP contribution in [0.5, 0.6) is 0 Å². The summed E-state index contributed by atoms with van der Waals surface area (Å²) in [5.74, 6) is -0.982. The third-order valence-electron chi connectivity index (χ3n) is 5.95. The average Bonchev–Trinajstić information content (AvgIpc) is 3.47. The van der Waals surface area contributed by atoms with Crippen molar-refractivity contribution in [2.45, 2.75) is 29.8 Å². The van der Waals surface area contributed by atoms with Crippen molar-refractivity contribution in [1.29, 1.82) is 0 Å². The van der Waals surface area contributed by atoms with Crippen molar-refractivity contribution >= 4 is 26.5 Å². The van der Waals surface area contributed by atoms with E-state index in [2.05, 4.69) is 14.7 Å². The maximum absolute atomic E-state index is 13.4. The number of fused-ring (bicyclic) bond motifs is 1. The zero-order chi connectivity index (χ0) is 24.8. The molecular weight excluding hydrogens is 502 g/mol. The van der Waals surface area contributed by atoms with Gasteiger partial charge in [0.15, 0.2) is 5.13 Å². The standard InChI is InChI=1S/C24H17F4N3O2S2/c25-22-8-2-15(13-30-22)21-12-16(24(26,27)28)3-6-20(21)19-5-1-14-11-17(4-7-18(14)19)35(32,33)31-23-29-9-10-34-23/h2-4,6-13,19H,1,5H2,(H,29,31)/t19-/m0/s1. The number of rotatable bonds is 5. The molecule has 2 aromatic carbocycles. The molecule has 5 rings (SSSR count). The first-order valence-corrected chi connectivity index (χ1v) is 12.9. The lowest BCUT2D eigenvalue weighted by atomic mass is 9.86. The minimum absolute atomic E-state index is 0.0856. The zero-order valence-corrected chi connectivity index (χ0v) is 19.5. The van der Waals surface area contributed by atoms with Gasteiger partial charge in [0.2, 0.25) is 5.95 Å². The number of halogens is 4. The van der Waals surface area contributed by atoms with Crippen molar-refractivity contribution in [2.24, 2.45) is 0 Å². The predicted octanol–water partition coefficient (Wildman–Crippen LogP) is 6.24. The summed E-state index contributed by atoms with van der Waals surface area (Å²) in [6.45, 7) is 0. The molecule has 0 unspecified atom stereocenters. The van der Waals surface area contributed by atoms with Gasteiger partial charge in [0.1, 0.15) is 0 Å². The molecule has 35 heavy (non-hydrogen) atoms. The first-order chi connectivity index (χ1) is 16.6. The number of pyridine rings is 1. The number of hydrogen-bond acceptors (Lipinski definition) is 5. The Hall–Kier alpha value is -3.31. The predicted molar refractivity (Wildman–Crippen MR) is 124 cm³/mol. The van der Waals surface area contributed by atoms with E-state index in [1.807, 2.05) is 0 Å². The molecule has 0 fully saturated rings. The molecule has 2 heterocycles. The SMILES string of the molecule is O=S(=O)(Nc1nccs1)c1ccc2c(c1)CC[C@@H]2c1ccc(C(F)(F)F)cc1-c1ccc(F)nc1. The molecule has 0 amide bonds. The van der Waals surface area contributed by atoms with E-state index in [0.717, 1.165) is 40.7 Å². The Morgan fingerprint density at radius 1 is 1.00 bits per heavy atom. The molecule has 1 aliphatic carbocycles. The fourth-order valence-corrected chi connectivity index (χ4v) is 6.19. The van der Waals surface area contributed by atoms with Crippen LogP contribution in [-0.4, -0.2) is 18.4 Å². The molecule has 180 valence electrons. The van der Waals surface area contributed by atoms with Crippen molar-refractivity contribution in [3.05, 3.63) is 94.5 Å². The number of anilines is 1. The lowest BCUT2D eigenvalue weighted by Crippen LogP contribution is -2.13. The Bertz CT molecular complexity index is 1490. The molecule has 1 aliphatic rings. The van der Waals surface area contributed by atoms with Gasteiger partial charge in [0, 0.05) is 29.3 Å². The fraction of sp³-hybridized carbons (Fsp3) is 0.167. The number of thiazole rings is 1. The molecule has 5 nitrogen and oxygen atoms in total. The van der Waals surface area contributed by atoms with Crippen LogP contribution in [0.2, 0.25) is 0 Å². The van der Waals surface area contributed by atoms with Crippen LogP contribution in [0, 0.1) is 5.95 Å². The van der Waals surface area contributed by atoms with E-state index in [-0.39, 0.29) is 15.9 Å². The van der Waals surface area contributed by atoms with E-state index in [0.29, 0.717) is 29.5 Å². The van der Waals surface area contributed by atoms with E-state index in [9.17, 15) is 26.0 Å². The van der Waals surface area contributed by atoms with Gasteiger partial charge in [-0.1, -0.05) is 12.1 Å². The molecule has 0 bridgehead atoms. The van der Waals surface area contributed by atoms with Crippen LogP contribution in [0.4, 0.5) is 22.7 Å². The first kappa shape index (κ1) is 23.4. The van der Waals surface area contributed by atoms with Gasteiger partial charge in [-0.25, -0.2) is 18.4 Å². The number of sulfonamides is 1. The molecule has 4 aromatic rings. The fourth-order valence-electron chi connectivity index (χ4n) is 4.35. The molecule has 1 atom stereocenters. The van der Waals surface area contributed by atoms with Crippen molar-refractivity contribution in [3.8, 4) is 11.1 Å². The number of aromatic nitrogens is 2. The summed E-state index contributed by atoms with van der Waals surface area (Å²) < 4.78 is 81.7. The number of benzene rings is 2. The second-order valence-electron chi connectivity index (χ2n) is 8.06. The number of aryl methyl sites for hydroxylation is 1. The van der Waals surface area contributed by atoms with Crippen LogP contribution < -0.4 is 4.72 Å². The van der Waals surface area contributed by atoms with Gasteiger partial charge in [0.25, 0.3) is 10.0 Å². The number of nitrogens with zero attached hydrogens (tertiary/aromatic N) is 2. The van der Waals surface area contributed by atoms with Crippen molar-refractivity contribution < 1.29 is 26.0 Å². The van der Waals surface area contributed by atoms with Crippen molar-refractivity contribution in [3.63, 3.8) is 0 Å². The van der Waals surface area contributed by atoms with E-state index in [4.69, 9.17) is 0 Å². The maximum Gasteiger partial charge on any atom is 0.416 e. The molecule has 1 N–H and O–H groups in total. The zero-order valence-electron chi connectivity index (χ0n) is 17.9. The van der Waals surface area contributed by atoms with Gasteiger partial charge < -0.3 is 0 Å². The van der Waals surface area contributed by atoms with Crippen LogP contribution in [-0.2, 0) is 22.6 Å². The van der Waals surface area contributed by atoms with Gasteiger partial charge >= 0.3 is 6.18 Å². The van der Waals surface area contributed by atoms with Crippen molar-refractivity contribution in [2.75, 3.05) is 4.72 Å².